The second kappa shape index (κ2) is 9.64. The van der Waals surface area contributed by atoms with Gasteiger partial charge in [-0.3, -0.25) is 9.79 Å². The first-order chi connectivity index (χ1) is 15.2. The highest BCUT2D eigenvalue weighted by Gasteiger charge is 2.26. The molecule has 2 aromatic carbocycles. The molecule has 0 unspecified atom stereocenters. The molecule has 0 saturated carbocycles. The van der Waals surface area contributed by atoms with Crippen molar-refractivity contribution in [2.75, 3.05) is 27.2 Å². The molecule has 0 aliphatic carbocycles. The Morgan fingerprint density at radius 3 is 2.55 bits per heavy atom. The van der Waals surface area contributed by atoms with Crippen LogP contribution in [0.15, 0.2) is 59.9 Å². The quantitative estimate of drug-likeness (QED) is 0.391. The van der Waals surface area contributed by atoms with E-state index in [9.17, 15) is 4.79 Å². The summed E-state index contributed by atoms with van der Waals surface area (Å²) in [6, 6.07) is 16.8. The minimum Gasteiger partial charge on any atom is -0.469 e. The second-order valence-electron chi connectivity index (χ2n) is 7.86. The summed E-state index contributed by atoms with van der Waals surface area (Å²) >= 11 is 0. The number of para-hydroxylation sites is 2. The Labute approximate surface area is 182 Å². The molecule has 31 heavy (non-hydrogen) atoms. The summed E-state index contributed by atoms with van der Waals surface area (Å²) in [7, 11) is 3.26. The highest BCUT2D eigenvalue weighted by molar-refractivity contribution is 5.80. The van der Waals surface area contributed by atoms with Gasteiger partial charge in [0.25, 0.3) is 0 Å². The predicted molar refractivity (Wildman–Crippen MR) is 122 cm³/mol. The van der Waals surface area contributed by atoms with Crippen LogP contribution >= 0.6 is 0 Å². The average Bonchev–Trinajstić information content (AvgIpc) is 3.23. The third kappa shape index (κ3) is 4.87. The zero-order valence-corrected chi connectivity index (χ0v) is 18.1. The molecule has 1 saturated heterocycles. The Balaban J connectivity index is 1.31. The standard InChI is InChI=1S/C24H29N5O2/c1-25-24(28-13-11-20(12-14-28)23(30)31-2)26-15-18-7-9-19(10-8-18)16-29-17-27-21-5-3-4-6-22(21)29/h3-10,17,20H,11-16H2,1-2H3,(H,25,26). The molecule has 7 heteroatoms. The van der Waals surface area contributed by atoms with Gasteiger partial charge in [0.15, 0.2) is 5.96 Å². The maximum absolute atomic E-state index is 11.7. The third-order valence-corrected chi connectivity index (χ3v) is 5.89. The van der Waals surface area contributed by atoms with Gasteiger partial charge in [-0.15, -0.1) is 0 Å². The summed E-state index contributed by atoms with van der Waals surface area (Å²) in [5.74, 6) is 0.767. The number of nitrogens with one attached hydrogen (secondary N) is 1. The van der Waals surface area contributed by atoms with Crippen molar-refractivity contribution in [3.63, 3.8) is 0 Å². The molecule has 1 aliphatic rings. The molecule has 162 valence electrons. The van der Waals surface area contributed by atoms with Crippen molar-refractivity contribution in [1.29, 1.82) is 0 Å². The van der Waals surface area contributed by atoms with Gasteiger partial charge in [0.05, 0.1) is 30.4 Å². The first-order valence-electron chi connectivity index (χ1n) is 10.7. The SMILES string of the molecule is CN=C(NCc1ccc(Cn2cnc3ccccc32)cc1)N1CCC(C(=O)OC)CC1. The van der Waals surface area contributed by atoms with E-state index in [2.05, 4.69) is 55.1 Å². The van der Waals surface area contributed by atoms with E-state index >= 15 is 0 Å². The van der Waals surface area contributed by atoms with E-state index in [0.29, 0.717) is 6.54 Å². The molecule has 0 atom stereocenters. The molecule has 0 spiro atoms. The molecule has 7 nitrogen and oxygen atoms in total. The number of fused-ring (bicyclic) bond motifs is 1. The number of nitrogens with zero attached hydrogens (tertiary/aromatic N) is 4. The maximum Gasteiger partial charge on any atom is 0.308 e. The van der Waals surface area contributed by atoms with Crippen LogP contribution in [0.5, 0.6) is 0 Å². The molecule has 1 aromatic heterocycles. The van der Waals surface area contributed by atoms with Crippen molar-refractivity contribution in [2.45, 2.75) is 25.9 Å². The first kappa shape index (κ1) is 20.9. The second-order valence-corrected chi connectivity index (χ2v) is 7.86. The van der Waals surface area contributed by atoms with Crippen LogP contribution in [-0.2, 0) is 22.6 Å². The Hall–Kier alpha value is -3.35. The molecule has 2 heterocycles. The summed E-state index contributed by atoms with van der Waals surface area (Å²) in [6.45, 7) is 3.11. The van der Waals surface area contributed by atoms with Gasteiger partial charge >= 0.3 is 5.97 Å². The topological polar surface area (TPSA) is 71.8 Å². The van der Waals surface area contributed by atoms with E-state index < -0.39 is 0 Å². The lowest BCUT2D eigenvalue weighted by molar-refractivity contribution is -0.146. The van der Waals surface area contributed by atoms with Crippen LogP contribution in [0, 0.1) is 5.92 Å². The fourth-order valence-corrected chi connectivity index (χ4v) is 4.10. The molecule has 3 aromatic rings. The molecular formula is C24H29N5O2. The van der Waals surface area contributed by atoms with Crippen molar-refractivity contribution in [3.05, 3.63) is 66.0 Å². The highest BCUT2D eigenvalue weighted by atomic mass is 16.5. The summed E-state index contributed by atoms with van der Waals surface area (Å²) in [5.41, 5.74) is 4.60. The molecule has 1 fully saturated rings. The maximum atomic E-state index is 11.7. The van der Waals surface area contributed by atoms with Crippen LogP contribution < -0.4 is 5.32 Å². The summed E-state index contributed by atoms with van der Waals surface area (Å²) in [6.07, 6.45) is 3.49. The fraction of sp³-hybridized carbons (Fsp3) is 0.375. The van der Waals surface area contributed by atoms with Crippen LogP contribution in [0.1, 0.15) is 24.0 Å². The summed E-state index contributed by atoms with van der Waals surface area (Å²) < 4.78 is 7.04. The van der Waals surface area contributed by atoms with Gasteiger partial charge in [-0.2, -0.15) is 0 Å². The number of aliphatic imine (C=N–C) groups is 1. The molecule has 1 aliphatic heterocycles. The van der Waals surface area contributed by atoms with Gasteiger partial charge in [-0.1, -0.05) is 36.4 Å². The Bertz CT molecular complexity index is 1050. The normalized spacial score (nSPS) is 15.3. The minimum atomic E-state index is -0.105. The van der Waals surface area contributed by atoms with Crippen molar-refractivity contribution >= 4 is 23.0 Å². The van der Waals surface area contributed by atoms with Crippen LogP contribution in [0.25, 0.3) is 11.0 Å². The predicted octanol–water partition coefficient (Wildman–Crippen LogP) is 3.05. The number of rotatable bonds is 5. The van der Waals surface area contributed by atoms with E-state index in [-0.39, 0.29) is 11.9 Å². The van der Waals surface area contributed by atoms with Gasteiger partial charge in [-0.05, 0) is 36.1 Å². The number of methoxy groups -OCH3 is 1. The number of aromatic nitrogens is 2. The van der Waals surface area contributed by atoms with Crippen LogP contribution in [0.2, 0.25) is 0 Å². The van der Waals surface area contributed by atoms with E-state index in [1.807, 2.05) is 24.5 Å². The van der Waals surface area contributed by atoms with Crippen molar-refractivity contribution in [1.82, 2.24) is 19.8 Å². The molecule has 4 rings (SSSR count). The number of esters is 1. The number of carbonyl (C=O) groups is 1. The van der Waals surface area contributed by atoms with Gasteiger partial charge < -0.3 is 19.5 Å². The highest BCUT2D eigenvalue weighted by Crippen LogP contribution is 2.19. The van der Waals surface area contributed by atoms with Gasteiger partial charge in [-0.25, -0.2) is 4.98 Å². The summed E-state index contributed by atoms with van der Waals surface area (Å²) in [5, 5.41) is 3.45. The molecule has 0 radical (unpaired) electrons. The van der Waals surface area contributed by atoms with Crippen LogP contribution in [0.4, 0.5) is 0 Å². The number of ether oxygens (including phenoxy) is 1. The number of hydrogen-bond acceptors (Lipinski definition) is 4. The van der Waals surface area contributed by atoms with E-state index in [4.69, 9.17) is 4.74 Å². The monoisotopic (exact) mass is 419 g/mol. The number of guanidine groups is 1. The zero-order valence-electron chi connectivity index (χ0n) is 18.1. The number of likely N-dealkylation sites (tertiary alicyclic amines) is 1. The van der Waals surface area contributed by atoms with Crippen molar-refractivity contribution < 1.29 is 9.53 Å². The molecule has 1 N–H and O–H groups in total. The largest absolute Gasteiger partial charge is 0.469 e. The Morgan fingerprint density at radius 1 is 1.13 bits per heavy atom. The van der Waals surface area contributed by atoms with Crippen molar-refractivity contribution in [2.24, 2.45) is 10.9 Å². The fourth-order valence-electron chi connectivity index (χ4n) is 4.10. The molecule has 0 amide bonds. The lowest BCUT2D eigenvalue weighted by Crippen LogP contribution is -2.46. The average molecular weight is 420 g/mol. The van der Waals surface area contributed by atoms with Crippen LogP contribution in [0.3, 0.4) is 0 Å². The van der Waals surface area contributed by atoms with E-state index in [1.165, 1.54) is 18.2 Å². The van der Waals surface area contributed by atoms with Crippen LogP contribution in [-0.4, -0.2) is 53.6 Å². The number of piperidine rings is 1. The number of imidazole rings is 1. The number of carbonyl (C=O) groups excluding carboxylic acids is 1. The minimum absolute atomic E-state index is 0.000447. The Kier molecular flexibility index (Phi) is 6.50. The van der Waals surface area contributed by atoms with Gasteiger partial charge in [0.1, 0.15) is 0 Å². The first-order valence-corrected chi connectivity index (χ1v) is 10.7. The van der Waals surface area contributed by atoms with E-state index in [0.717, 1.165) is 49.5 Å². The number of hydrogen-bond donors (Lipinski definition) is 1. The van der Waals surface area contributed by atoms with Gasteiger partial charge in [0, 0.05) is 33.2 Å². The third-order valence-electron chi connectivity index (χ3n) is 5.89. The smallest absolute Gasteiger partial charge is 0.308 e. The van der Waals surface area contributed by atoms with E-state index in [1.54, 1.807) is 7.05 Å². The lowest BCUT2D eigenvalue weighted by atomic mass is 9.97. The molecular weight excluding hydrogens is 390 g/mol. The summed E-state index contributed by atoms with van der Waals surface area (Å²) in [4.78, 5) is 22.8. The number of benzene rings is 2. The molecule has 0 bridgehead atoms. The lowest BCUT2D eigenvalue weighted by Gasteiger charge is -2.33. The zero-order chi connectivity index (χ0) is 21.6. The Morgan fingerprint density at radius 2 is 1.84 bits per heavy atom. The van der Waals surface area contributed by atoms with Gasteiger partial charge in [0.2, 0.25) is 0 Å². The van der Waals surface area contributed by atoms with Crippen molar-refractivity contribution in [3.8, 4) is 0 Å².